The fourth-order valence-electron chi connectivity index (χ4n) is 4.40. The topological polar surface area (TPSA) is 98.7 Å². The molecule has 0 spiro atoms. The Bertz CT molecular complexity index is 1080. The minimum absolute atomic E-state index is 0.0194. The van der Waals surface area contributed by atoms with Gasteiger partial charge in [-0.15, -0.1) is 0 Å². The van der Waals surface area contributed by atoms with Gasteiger partial charge in [-0.3, -0.25) is 9.59 Å². The van der Waals surface area contributed by atoms with Crippen molar-refractivity contribution in [2.24, 2.45) is 5.92 Å². The number of amides is 2. The molecule has 1 aliphatic rings. The van der Waals surface area contributed by atoms with E-state index in [0.717, 1.165) is 16.7 Å². The molecule has 35 heavy (non-hydrogen) atoms. The molecule has 3 rings (SSSR count). The highest BCUT2D eigenvalue weighted by atomic mass is 16.3. The molecule has 0 fully saturated rings. The van der Waals surface area contributed by atoms with E-state index in [-0.39, 0.29) is 24.8 Å². The Morgan fingerprint density at radius 2 is 1.86 bits per heavy atom. The lowest BCUT2D eigenvalue weighted by atomic mass is 9.92. The number of aliphatic hydroxyl groups excluding tert-OH is 2. The van der Waals surface area contributed by atoms with Crippen LogP contribution in [-0.4, -0.2) is 40.8 Å². The molecule has 6 nitrogen and oxygen atoms in total. The molecule has 0 heterocycles. The summed E-state index contributed by atoms with van der Waals surface area (Å²) in [5, 5.41) is 27.0. The van der Waals surface area contributed by atoms with Crippen LogP contribution in [0.15, 0.2) is 91.1 Å². The van der Waals surface area contributed by atoms with E-state index in [1.165, 1.54) is 0 Å². The van der Waals surface area contributed by atoms with Gasteiger partial charge in [0.1, 0.15) is 0 Å². The van der Waals surface area contributed by atoms with Crippen molar-refractivity contribution < 1.29 is 19.8 Å². The predicted octanol–water partition coefficient (Wildman–Crippen LogP) is 3.18. The van der Waals surface area contributed by atoms with E-state index in [1.807, 2.05) is 54.6 Å². The van der Waals surface area contributed by atoms with Crippen LogP contribution in [0.2, 0.25) is 0 Å². The zero-order chi connectivity index (χ0) is 25.2. The van der Waals surface area contributed by atoms with Crippen LogP contribution in [-0.2, 0) is 22.4 Å². The van der Waals surface area contributed by atoms with Crippen molar-refractivity contribution in [3.8, 4) is 0 Å². The van der Waals surface area contributed by atoms with Gasteiger partial charge in [-0.05, 0) is 42.5 Å². The van der Waals surface area contributed by atoms with E-state index in [2.05, 4.69) is 17.2 Å². The molecule has 1 aliphatic carbocycles. The third-order valence-corrected chi connectivity index (χ3v) is 6.24. The van der Waals surface area contributed by atoms with Crippen LogP contribution in [0.3, 0.4) is 0 Å². The summed E-state index contributed by atoms with van der Waals surface area (Å²) < 4.78 is 0. The minimum atomic E-state index is -0.916. The number of carbonyl (C=O) groups excluding carboxylic acids is 2. The van der Waals surface area contributed by atoms with E-state index >= 15 is 0 Å². The molecule has 0 radical (unpaired) electrons. The first-order valence-corrected chi connectivity index (χ1v) is 11.9. The molecule has 2 aromatic rings. The van der Waals surface area contributed by atoms with Gasteiger partial charge in [0.15, 0.2) is 0 Å². The summed E-state index contributed by atoms with van der Waals surface area (Å²) in [4.78, 5) is 25.8. The van der Waals surface area contributed by atoms with Crippen LogP contribution in [0.25, 0.3) is 0 Å². The van der Waals surface area contributed by atoms with Gasteiger partial charge in [-0.25, -0.2) is 0 Å². The second-order valence-electron chi connectivity index (χ2n) is 8.78. The first kappa shape index (κ1) is 26.1. The average Bonchev–Trinajstić information content (AvgIpc) is 3.18. The summed E-state index contributed by atoms with van der Waals surface area (Å²) in [5.74, 6) is -1.08. The van der Waals surface area contributed by atoms with Gasteiger partial charge >= 0.3 is 0 Å². The fraction of sp³-hybridized carbons (Fsp3) is 0.310. The van der Waals surface area contributed by atoms with E-state index in [0.29, 0.717) is 18.4 Å². The Labute approximate surface area is 207 Å². The summed E-state index contributed by atoms with van der Waals surface area (Å²) in [6.45, 7) is 5.38. The molecule has 2 aromatic carbocycles. The van der Waals surface area contributed by atoms with Crippen LogP contribution in [0, 0.1) is 5.92 Å². The molecule has 4 atom stereocenters. The molecular formula is C29H34N2O4. The normalized spacial score (nSPS) is 19.1. The number of hydrogen-bond acceptors (Lipinski definition) is 4. The number of allylic oxidation sites excluding steroid dienone is 3. The first-order chi connectivity index (χ1) is 16.9. The summed E-state index contributed by atoms with van der Waals surface area (Å²) in [5.41, 5.74) is 3.38. The Kier molecular flexibility index (Phi) is 9.58. The number of rotatable bonds is 11. The van der Waals surface area contributed by atoms with Gasteiger partial charge < -0.3 is 20.8 Å². The maximum absolute atomic E-state index is 13.4. The first-order valence-electron chi connectivity index (χ1n) is 11.9. The quantitative estimate of drug-likeness (QED) is 0.297. The fourth-order valence-corrected chi connectivity index (χ4v) is 4.40. The van der Waals surface area contributed by atoms with Crippen LogP contribution in [0.5, 0.6) is 0 Å². The number of carbonyl (C=O) groups is 2. The minimum Gasteiger partial charge on any atom is -0.391 e. The van der Waals surface area contributed by atoms with E-state index in [9.17, 15) is 19.8 Å². The average molecular weight is 475 g/mol. The van der Waals surface area contributed by atoms with E-state index < -0.39 is 24.2 Å². The third-order valence-electron chi connectivity index (χ3n) is 6.24. The second kappa shape index (κ2) is 12.8. The highest BCUT2D eigenvalue weighted by Crippen LogP contribution is 2.31. The van der Waals surface area contributed by atoms with Crippen molar-refractivity contribution in [3.63, 3.8) is 0 Å². The van der Waals surface area contributed by atoms with E-state index in [1.54, 1.807) is 31.2 Å². The molecule has 0 aliphatic heterocycles. The molecule has 184 valence electrons. The second-order valence-corrected chi connectivity index (χ2v) is 8.78. The Morgan fingerprint density at radius 1 is 1.14 bits per heavy atom. The summed E-state index contributed by atoms with van der Waals surface area (Å²) in [6.07, 6.45) is 6.06. The summed E-state index contributed by atoms with van der Waals surface area (Å²) >= 11 is 0. The zero-order valence-corrected chi connectivity index (χ0v) is 20.1. The number of nitrogens with one attached hydrogen (secondary N) is 2. The van der Waals surface area contributed by atoms with Gasteiger partial charge in [-0.1, -0.05) is 79.4 Å². The molecule has 6 heteroatoms. The van der Waals surface area contributed by atoms with E-state index in [4.69, 9.17) is 0 Å². The largest absolute Gasteiger partial charge is 0.391 e. The van der Waals surface area contributed by atoms with Crippen LogP contribution in [0.1, 0.15) is 36.1 Å². The lowest BCUT2D eigenvalue weighted by Crippen LogP contribution is -2.41. The predicted molar refractivity (Wildman–Crippen MR) is 137 cm³/mol. The van der Waals surface area contributed by atoms with Crippen molar-refractivity contribution in [1.82, 2.24) is 10.6 Å². The SMILES string of the molecule is C=C/C=C\C(=C/C)C(=O)NC[C@@H](O)C[C@@H](Cc1ccccc1)C(=O)N[C@H]1c2ccccc2C[C@H]1O. The monoisotopic (exact) mass is 474 g/mol. The van der Waals surface area contributed by atoms with Crippen molar-refractivity contribution in [3.05, 3.63) is 108 Å². The molecule has 2 amide bonds. The Hall–Kier alpha value is -3.48. The maximum atomic E-state index is 13.4. The van der Waals surface area contributed by atoms with Gasteiger partial charge in [0.25, 0.3) is 5.91 Å². The number of hydrogen-bond donors (Lipinski definition) is 4. The molecule has 0 bridgehead atoms. The van der Waals surface area contributed by atoms with Gasteiger partial charge in [-0.2, -0.15) is 0 Å². The standard InChI is InChI=1S/C29H34N2O4/c1-3-5-13-21(4-2)28(34)30-19-24(32)17-23(16-20-11-7-6-8-12-20)29(35)31-27-25-15-10-9-14-22(25)18-26(27)33/h3-15,23-24,26-27,32-33H,1,16-19H2,2H3,(H,30,34)(H,31,35)/b13-5-,21-4+/t23-,24+,26-,27+/m1/s1. The number of aliphatic hydroxyl groups is 2. The summed E-state index contributed by atoms with van der Waals surface area (Å²) in [7, 11) is 0. The lowest BCUT2D eigenvalue weighted by molar-refractivity contribution is -0.127. The lowest BCUT2D eigenvalue weighted by Gasteiger charge is -2.24. The molecular weight excluding hydrogens is 440 g/mol. The highest BCUT2D eigenvalue weighted by molar-refractivity contribution is 5.96. The third kappa shape index (κ3) is 7.25. The highest BCUT2D eigenvalue weighted by Gasteiger charge is 2.34. The summed E-state index contributed by atoms with van der Waals surface area (Å²) in [6, 6.07) is 16.8. The van der Waals surface area contributed by atoms with Crippen molar-refractivity contribution >= 4 is 11.8 Å². The molecule has 0 unspecified atom stereocenters. The Balaban J connectivity index is 1.67. The van der Waals surface area contributed by atoms with Crippen molar-refractivity contribution in [1.29, 1.82) is 0 Å². The van der Waals surface area contributed by atoms with Crippen LogP contribution in [0.4, 0.5) is 0 Å². The zero-order valence-electron chi connectivity index (χ0n) is 20.1. The molecule has 0 saturated heterocycles. The van der Waals surface area contributed by atoms with Gasteiger partial charge in [0.2, 0.25) is 5.91 Å². The van der Waals surface area contributed by atoms with Crippen molar-refractivity contribution in [2.45, 2.75) is 44.4 Å². The van der Waals surface area contributed by atoms with Gasteiger partial charge in [0, 0.05) is 24.5 Å². The van der Waals surface area contributed by atoms with Crippen LogP contribution >= 0.6 is 0 Å². The van der Waals surface area contributed by atoms with Crippen molar-refractivity contribution in [2.75, 3.05) is 6.54 Å². The Morgan fingerprint density at radius 3 is 2.57 bits per heavy atom. The smallest absolute Gasteiger partial charge is 0.251 e. The molecule has 0 saturated carbocycles. The maximum Gasteiger partial charge on any atom is 0.251 e. The number of fused-ring (bicyclic) bond motifs is 1. The molecule has 0 aromatic heterocycles. The van der Waals surface area contributed by atoms with Gasteiger partial charge in [0.05, 0.1) is 18.2 Å². The molecule has 4 N–H and O–H groups in total. The van der Waals surface area contributed by atoms with Crippen LogP contribution < -0.4 is 10.6 Å². The number of benzene rings is 2.